The maximum Gasteiger partial charge on any atom is 0.254 e. The molecule has 1 amide bonds. The van der Waals surface area contributed by atoms with Gasteiger partial charge in [-0.05, 0) is 48.5 Å². The van der Waals surface area contributed by atoms with Gasteiger partial charge in [-0.25, -0.2) is 4.98 Å². The lowest BCUT2D eigenvalue weighted by Gasteiger charge is -2.36. The maximum absolute atomic E-state index is 12.8. The molecule has 2 aromatic heterocycles. The first-order chi connectivity index (χ1) is 14.1. The van der Waals surface area contributed by atoms with E-state index in [1.165, 1.54) is 0 Å². The van der Waals surface area contributed by atoms with Crippen LogP contribution in [0.1, 0.15) is 10.4 Å². The Labute approximate surface area is 181 Å². The molecule has 0 aliphatic carbocycles. The summed E-state index contributed by atoms with van der Waals surface area (Å²) < 4.78 is 3.18. The Morgan fingerprint density at radius 1 is 0.966 bits per heavy atom. The smallest absolute Gasteiger partial charge is 0.254 e. The maximum atomic E-state index is 12.8. The summed E-state index contributed by atoms with van der Waals surface area (Å²) in [6, 6.07) is 17.4. The van der Waals surface area contributed by atoms with Crippen LogP contribution >= 0.6 is 27.5 Å². The second-order valence-electron chi connectivity index (χ2n) is 7.12. The molecule has 0 spiro atoms. The van der Waals surface area contributed by atoms with Crippen LogP contribution in [0.15, 0.2) is 65.3 Å². The van der Waals surface area contributed by atoms with Crippen LogP contribution in [0.2, 0.25) is 5.02 Å². The van der Waals surface area contributed by atoms with Gasteiger partial charge >= 0.3 is 0 Å². The minimum absolute atomic E-state index is 0.0235. The van der Waals surface area contributed by atoms with E-state index in [1.54, 1.807) is 12.1 Å². The molecule has 29 heavy (non-hydrogen) atoms. The van der Waals surface area contributed by atoms with Crippen LogP contribution in [0.25, 0.3) is 16.6 Å². The Kier molecular flexibility index (Phi) is 4.68. The molecule has 0 radical (unpaired) electrons. The number of benzene rings is 2. The van der Waals surface area contributed by atoms with Crippen molar-refractivity contribution in [3.8, 4) is 0 Å². The number of hydrogen-bond donors (Lipinski definition) is 0. The molecule has 1 aliphatic heterocycles. The van der Waals surface area contributed by atoms with Gasteiger partial charge in [0.15, 0.2) is 5.82 Å². The van der Waals surface area contributed by atoms with Crippen LogP contribution in [0.3, 0.4) is 0 Å². The first kappa shape index (κ1) is 18.5. The minimum atomic E-state index is 0.0235. The molecule has 3 heterocycles. The summed E-state index contributed by atoms with van der Waals surface area (Å²) in [6.45, 7) is 2.77. The topological polar surface area (TPSA) is 40.9 Å². The van der Waals surface area contributed by atoms with Gasteiger partial charge in [0.1, 0.15) is 0 Å². The number of nitrogens with zero attached hydrogens (tertiary/aromatic N) is 4. The zero-order valence-electron chi connectivity index (χ0n) is 15.6. The Morgan fingerprint density at radius 2 is 1.79 bits per heavy atom. The molecule has 0 unspecified atom stereocenters. The van der Waals surface area contributed by atoms with Gasteiger partial charge in [0.05, 0.1) is 16.6 Å². The van der Waals surface area contributed by atoms with E-state index in [0.29, 0.717) is 23.7 Å². The zero-order chi connectivity index (χ0) is 20.0. The summed E-state index contributed by atoms with van der Waals surface area (Å²) in [6.07, 6.45) is 2.07. The lowest BCUT2D eigenvalue weighted by molar-refractivity contribution is 0.0746. The second kappa shape index (κ2) is 7.35. The molecule has 1 saturated heterocycles. The van der Waals surface area contributed by atoms with Crippen LogP contribution in [-0.4, -0.2) is 46.4 Å². The second-order valence-corrected chi connectivity index (χ2v) is 8.47. The molecule has 0 bridgehead atoms. The number of anilines is 1. The largest absolute Gasteiger partial charge is 0.351 e. The van der Waals surface area contributed by atoms with Gasteiger partial charge in [0.25, 0.3) is 5.91 Å². The van der Waals surface area contributed by atoms with E-state index in [2.05, 4.69) is 43.6 Å². The Morgan fingerprint density at radius 3 is 2.59 bits per heavy atom. The van der Waals surface area contributed by atoms with Crippen molar-refractivity contribution in [2.45, 2.75) is 0 Å². The first-order valence-electron chi connectivity index (χ1n) is 9.46. The van der Waals surface area contributed by atoms with Crippen molar-refractivity contribution in [1.82, 2.24) is 14.3 Å². The number of amides is 1. The molecule has 7 heteroatoms. The highest BCUT2D eigenvalue weighted by molar-refractivity contribution is 9.10. The van der Waals surface area contributed by atoms with E-state index in [4.69, 9.17) is 16.6 Å². The van der Waals surface area contributed by atoms with Crippen molar-refractivity contribution in [2.24, 2.45) is 0 Å². The lowest BCUT2D eigenvalue weighted by atomic mass is 10.2. The summed E-state index contributed by atoms with van der Waals surface area (Å²) in [7, 11) is 0. The summed E-state index contributed by atoms with van der Waals surface area (Å²) in [5.41, 5.74) is 3.73. The molecular formula is C22H18BrClN4O. The third-order valence-electron chi connectivity index (χ3n) is 5.34. The Balaban J connectivity index is 1.42. The molecule has 5 rings (SSSR count). The van der Waals surface area contributed by atoms with Gasteiger partial charge < -0.3 is 14.2 Å². The van der Waals surface area contributed by atoms with Gasteiger partial charge in [-0.3, -0.25) is 4.79 Å². The number of piperazine rings is 1. The third kappa shape index (κ3) is 3.36. The summed E-state index contributed by atoms with van der Waals surface area (Å²) in [5.74, 6) is 0.978. The fourth-order valence-electron chi connectivity index (χ4n) is 3.89. The monoisotopic (exact) mass is 468 g/mol. The van der Waals surface area contributed by atoms with Gasteiger partial charge in [0.2, 0.25) is 0 Å². The fourth-order valence-corrected chi connectivity index (χ4v) is 4.43. The summed E-state index contributed by atoms with van der Waals surface area (Å²) >= 11 is 9.58. The van der Waals surface area contributed by atoms with E-state index in [0.717, 1.165) is 39.9 Å². The summed E-state index contributed by atoms with van der Waals surface area (Å²) in [4.78, 5) is 21.9. The van der Waals surface area contributed by atoms with Crippen LogP contribution in [0.4, 0.5) is 5.82 Å². The molecule has 5 nitrogen and oxygen atoms in total. The molecule has 146 valence electrons. The molecule has 1 aliphatic rings. The molecule has 0 atom stereocenters. The number of halogens is 2. The van der Waals surface area contributed by atoms with Crippen LogP contribution in [0.5, 0.6) is 0 Å². The number of carbonyl (C=O) groups excluding carboxylic acids is 1. The van der Waals surface area contributed by atoms with Crippen LogP contribution < -0.4 is 4.90 Å². The molecule has 0 saturated carbocycles. The SMILES string of the molecule is O=C(c1cccc(Cl)c1)N1CCN(c2nc3cc(Br)ccc3n3cccc23)CC1. The molecule has 0 N–H and O–H groups in total. The minimum Gasteiger partial charge on any atom is -0.351 e. The predicted molar refractivity (Wildman–Crippen MR) is 120 cm³/mol. The van der Waals surface area contributed by atoms with Crippen molar-refractivity contribution in [1.29, 1.82) is 0 Å². The number of fused-ring (bicyclic) bond motifs is 3. The van der Waals surface area contributed by atoms with Gasteiger partial charge in [0, 0.05) is 47.4 Å². The van der Waals surface area contributed by atoms with Crippen LogP contribution in [0, 0.1) is 0 Å². The van der Waals surface area contributed by atoms with E-state index in [9.17, 15) is 4.79 Å². The van der Waals surface area contributed by atoms with Gasteiger partial charge in [-0.1, -0.05) is 33.6 Å². The van der Waals surface area contributed by atoms with Gasteiger partial charge in [-0.2, -0.15) is 0 Å². The molecule has 2 aromatic carbocycles. The highest BCUT2D eigenvalue weighted by Gasteiger charge is 2.24. The first-order valence-corrected chi connectivity index (χ1v) is 10.6. The summed E-state index contributed by atoms with van der Waals surface area (Å²) in [5, 5.41) is 0.580. The van der Waals surface area contributed by atoms with Crippen LogP contribution in [-0.2, 0) is 0 Å². The Bertz CT molecular complexity index is 1230. The van der Waals surface area contributed by atoms with Crippen molar-refractivity contribution < 1.29 is 4.79 Å². The lowest BCUT2D eigenvalue weighted by Crippen LogP contribution is -2.49. The normalized spacial score (nSPS) is 14.7. The average Bonchev–Trinajstić information content (AvgIpc) is 3.22. The van der Waals surface area contributed by atoms with Crippen molar-refractivity contribution in [3.05, 3.63) is 75.9 Å². The molecule has 4 aromatic rings. The van der Waals surface area contributed by atoms with Gasteiger partial charge in [-0.15, -0.1) is 0 Å². The number of hydrogen-bond acceptors (Lipinski definition) is 3. The number of rotatable bonds is 2. The average molecular weight is 470 g/mol. The van der Waals surface area contributed by atoms with Crippen molar-refractivity contribution in [3.63, 3.8) is 0 Å². The van der Waals surface area contributed by atoms with E-state index < -0.39 is 0 Å². The number of aromatic nitrogens is 2. The van der Waals surface area contributed by atoms with E-state index >= 15 is 0 Å². The standard InChI is InChI=1S/C22H18BrClN4O/c23-16-6-7-19-18(14-16)25-21(20-5-2-8-28(19)20)26-9-11-27(12-10-26)22(29)15-3-1-4-17(24)13-15/h1-8,13-14H,9-12H2. The third-order valence-corrected chi connectivity index (χ3v) is 6.07. The quantitative estimate of drug-likeness (QED) is 0.421. The fraction of sp³-hybridized carbons (Fsp3) is 0.182. The zero-order valence-corrected chi connectivity index (χ0v) is 17.9. The molecular weight excluding hydrogens is 452 g/mol. The highest BCUT2D eigenvalue weighted by Crippen LogP contribution is 2.28. The van der Waals surface area contributed by atoms with Crippen molar-refractivity contribution in [2.75, 3.05) is 31.1 Å². The highest BCUT2D eigenvalue weighted by atomic mass is 79.9. The van der Waals surface area contributed by atoms with E-state index in [-0.39, 0.29) is 5.91 Å². The Hall–Kier alpha value is -2.57. The molecule has 1 fully saturated rings. The number of carbonyl (C=O) groups is 1. The predicted octanol–water partition coefficient (Wildman–Crippen LogP) is 4.87. The van der Waals surface area contributed by atoms with Crippen molar-refractivity contribution >= 4 is 55.8 Å². The van der Waals surface area contributed by atoms with E-state index in [1.807, 2.05) is 35.2 Å².